The number of rotatable bonds is 6. The van der Waals surface area contributed by atoms with Gasteiger partial charge in [-0.3, -0.25) is 19.3 Å². The molecule has 3 amide bonds. The van der Waals surface area contributed by atoms with Gasteiger partial charge in [0, 0.05) is 24.7 Å². The molecule has 1 heterocycles. The van der Waals surface area contributed by atoms with Crippen LogP contribution in [0.1, 0.15) is 22.3 Å². The van der Waals surface area contributed by atoms with Crippen LogP contribution in [-0.2, 0) is 9.59 Å². The minimum Gasteiger partial charge on any atom is -0.507 e. The van der Waals surface area contributed by atoms with Crippen molar-refractivity contribution < 1.29 is 33.8 Å². The molecule has 1 aliphatic heterocycles. The van der Waals surface area contributed by atoms with E-state index in [1.807, 2.05) is 0 Å². The Bertz CT molecular complexity index is 1080. The third-order valence-electron chi connectivity index (χ3n) is 4.09. The smallest absolute Gasteiger partial charge is 0.339 e. The van der Waals surface area contributed by atoms with E-state index in [9.17, 15) is 28.7 Å². The number of aromatic carboxylic acids is 1. The molecule has 0 saturated carbocycles. The van der Waals surface area contributed by atoms with E-state index < -0.39 is 34.6 Å². The van der Waals surface area contributed by atoms with Crippen molar-refractivity contribution in [3.63, 3.8) is 0 Å². The number of carbonyl (C=O) groups is 4. The maximum atomic E-state index is 13.3. The van der Waals surface area contributed by atoms with Gasteiger partial charge in [0.25, 0.3) is 11.1 Å². The third-order valence-corrected chi connectivity index (χ3v) is 5.00. The Labute approximate surface area is 174 Å². The van der Waals surface area contributed by atoms with Gasteiger partial charge in [-0.05, 0) is 47.7 Å². The van der Waals surface area contributed by atoms with E-state index in [0.717, 1.165) is 17.0 Å². The summed E-state index contributed by atoms with van der Waals surface area (Å²) in [6.07, 6.45) is 1.20. The molecule has 0 radical (unpaired) electrons. The Morgan fingerprint density at radius 2 is 1.93 bits per heavy atom. The molecule has 0 bridgehead atoms. The van der Waals surface area contributed by atoms with Gasteiger partial charge in [0.15, 0.2) is 0 Å². The van der Waals surface area contributed by atoms with Crippen molar-refractivity contribution in [3.8, 4) is 5.75 Å². The minimum absolute atomic E-state index is 0.125. The third kappa shape index (κ3) is 4.84. The van der Waals surface area contributed by atoms with Gasteiger partial charge in [-0.25, -0.2) is 9.18 Å². The zero-order chi connectivity index (χ0) is 21.8. The fourth-order valence-corrected chi connectivity index (χ4v) is 3.53. The molecule has 30 heavy (non-hydrogen) atoms. The van der Waals surface area contributed by atoms with Crippen LogP contribution in [0.25, 0.3) is 6.08 Å². The second kappa shape index (κ2) is 8.78. The lowest BCUT2D eigenvalue weighted by molar-refractivity contribution is -0.123. The van der Waals surface area contributed by atoms with Gasteiger partial charge in [0.1, 0.15) is 17.1 Å². The first-order valence-electron chi connectivity index (χ1n) is 8.61. The van der Waals surface area contributed by atoms with Crippen molar-refractivity contribution in [2.45, 2.75) is 6.42 Å². The van der Waals surface area contributed by atoms with Crippen LogP contribution < -0.4 is 5.32 Å². The molecule has 10 heteroatoms. The first-order valence-corrected chi connectivity index (χ1v) is 9.43. The molecular weight excluding hydrogens is 415 g/mol. The Morgan fingerprint density at radius 3 is 2.60 bits per heavy atom. The Kier molecular flexibility index (Phi) is 6.17. The molecule has 3 rings (SSSR count). The quantitative estimate of drug-likeness (QED) is 0.601. The molecule has 154 valence electrons. The van der Waals surface area contributed by atoms with Crippen molar-refractivity contribution in [2.24, 2.45) is 0 Å². The molecule has 0 atom stereocenters. The van der Waals surface area contributed by atoms with Gasteiger partial charge in [-0.1, -0.05) is 12.1 Å². The number of hydrogen-bond donors (Lipinski definition) is 3. The minimum atomic E-state index is -1.31. The highest BCUT2D eigenvalue weighted by Crippen LogP contribution is 2.32. The van der Waals surface area contributed by atoms with Crippen LogP contribution in [0.15, 0.2) is 47.4 Å². The number of carboxylic acids is 1. The second-order valence-electron chi connectivity index (χ2n) is 6.22. The van der Waals surface area contributed by atoms with Crippen molar-refractivity contribution in [1.29, 1.82) is 0 Å². The average Bonchev–Trinajstić information content (AvgIpc) is 2.93. The SMILES string of the molecule is O=C(CCN1C(=O)SC(=Cc2cccc(F)c2)C1=O)Nc1ccc(C(=O)O)c(O)c1. The van der Waals surface area contributed by atoms with Crippen LogP contribution in [-0.4, -0.2) is 44.7 Å². The van der Waals surface area contributed by atoms with E-state index >= 15 is 0 Å². The van der Waals surface area contributed by atoms with E-state index in [4.69, 9.17) is 5.11 Å². The van der Waals surface area contributed by atoms with Gasteiger partial charge in [-0.2, -0.15) is 0 Å². The second-order valence-corrected chi connectivity index (χ2v) is 7.22. The lowest BCUT2D eigenvalue weighted by Crippen LogP contribution is -2.31. The predicted molar refractivity (Wildman–Crippen MR) is 107 cm³/mol. The van der Waals surface area contributed by atoms with Crippen LogP contribution in [0, 0.1) is 5.82 Å². The number of carboxylic acid groups (broad SMARTS) is 1. The van der Waals surface area contributed by atoms with Crippen molar-refractivity contribution >= 4 is 46.5 Å². The number of aromatic hydroxyl groups is 1. The number of imide groups is 1. The summed E-state index contributed by atoms with van der Waals surface area (Å²) in [5, 5.41) is 20.4. The molecule has 8 nitrogen and oxygen atoms in total. The van der Waals surface area contributed by atoms with E-state index in [1.165, 1.54) is 30.3 Å². The van der Waals surface area contributed by atoms with Gasteiger partial charge >= 0.3 is 5.97 Å². The van der Waals surface area contributed by atoms with E-state index in [2.05, 4.69) is 5.32 Å². The molecule has 2 aromatic rings. The molecule has 0 aromatic heterocycles. The van der Waals surface area contributed by atoms with E-state index in [-0.39, 0.29) is 29.1 Å². The van der Waals surface area contributed by atoms with Crippen LogP contribution >= 0.6 is 11.8 Å². The number of thioether (sulfide) groups is 1. The van der Waals surface area contributed by atoms with Crippen molar-refractivity contribution in [3.05, 3.63) is 64.3 Å². The summed E-state index contributed by atoms with van der Waals surface area (Å²) in [6.45, 7) is -0.170. The summed E-state index contributed by atoms with van der Waals surface area (Å²) in [6, 6.07) is 9.10. The van der Waals surface area contributed by atoms with E-state index in [0.29, 0.717) is 17.3 Å². The Balaban J connectivity index is 1.61. The monoisotopic (exact) mass is 430 g/mol. The standard InChI is InChI=1S/C20H15FN2O6S/c21-12-3-1-2-11(8-12)9-16-18(26)23(20(29)30-16)7-6-17(25)22-13-4-5-14(19(27)28)15(24)10-13/h1-5,8-10,24H,6-7H2,(H,22,25)(H,27,28). The molecule has 1 aliphatic rings. The number of carbonyl (C=O) groups excluding carboxylic acids is 3. The van der Waals surface area contributed by atoms with Gasteiger partial charge in [0.05, 0.1) is 4.91 Å². The highest BCUT2D eigenvalue weighted by molar-refractivity contribution is 8.18. The van der Waals surface area contributed by atoms with Crippen LogP contribution in [0.5, 0.6) is 5.75 Å². The molecule has 0 spiro atoms. The highest BCUT2D eigenvalue weighted by Gasteiger charge is 2.35. The number of nitrogens with zero attached hydrogens (tertiary/aromatic N) is 1. The number of amides is 3. The predicted octanol–water partition coefficient (Wildman–Crippen LogP) is 3.29. The normalized spacial score (nSPS) is 15.0. The molecule has 2 aromatic carbocycles. The summed E-state index contributed by atoms with van der Waals surface area (Å²) in [5.41, 5.74) is 0.293. The summed E-state index contributed by atoms with van der Waals surface area (Å²) in [5.74, 6) is -3.40. The number of hydrogen-bond acceptors (Lipinski definition) is 6. The topological polar surface area (TPSA) is 124 Å². The number of halogens is 1. The zero-order valence-electron chi connectivity index (χ0n) is 15.3. The summed E-state index contributed by atoms with van der Waals surface area (Å²) in [7, 11) is 0. The Hall–Kier alpha value is -3.66. The average molecular weight is 430 g/mol. The fraction of sp³-hybridized carbons (Fsp3) is 0.100. The van der Waals surface area contributed by atoms with Gasteiger partial charge in [-0.15, -0.1) is 0 Å². The van der Waals surface area contributed by atoms with Crippen LogP contribution in [0.4, 0.5) is 14.9 Å². The highest BCUT2D eigenvalue weighted by atomic mass is 32.2. The van der Waals surface area contributed by atoms with Crippen molar-refractivity contribution in [2.75, 3.05) is 11.9 Å². The van der Waals surface area contributed by atoms with Gasteiger partial charge < -0.3 is 15.5 Å². The van der Waals surface area contributed by atoms with Crippen LogP contribution in [0.3, 0.4) is 0 Å². The molecule has 0 aliphatic carbocycles. The maximum Gasteiger partial charge on any atom is 0.339 e. The first-order chi connectivity index (χ1) is 14.2. The molecule has 1 saturated heterocycles. The molecule has 1 fully saturated rings. The van der Waals surface area contributed by atoms with Crippen molar-refractivity contribution in [1.82, 2.24) is 4.90 Å². The number of nitrogens with one attached hydrogen (secondary N) is 1. The van der Waals surface area contributed by atoms with Gasteiger partial charge in [0.2, 0.25) is 5.91 Å². The number of phenols is 1. The molecular formula is C20H15FN2O6S. The number of anilines is 1. The fourth-order valence-electron chi connectivity index (χ4n) is 2.67. The lowest BCUT2D eigenvalue weighted by Gasteiger charge is -2.12. The first kappa shape index (κ1) is 21.1. The Morgan fingerprint density at radius 1 is 1.17 bits per heavy atom. The summed E-state index contributed by atoms with van der Waals surface area (Å²) >= 11 is 0.700. The molecule has 3 N–H and O–H groups in total. The summed E-state index contributed by atoms with van der Waals surface area (Å²) < 4.78 is 13.3. The van der Waals surface area contributed by atoms with Crippen LogP contribution in [0.2, 0.25) is 0 Å². The maximum absolute atomic E-state index is 13.3. The molecule has 0 unspecified atom stereocenters. The number of benzene rings is 2. The largest absolute Gasteiger partial charge is 0.507 e. The van der Waals surface area contributed by atoms with E-state index in [1.54, 1.807) is 6.07 Å². The zero-order valence-corrected chi connectivity index (χ0v) is 16.1. The summed E-state index contributed by atoms with van der Waals surface area (Å²) in [4.78, 5) is 48.6. The lowest BCUT2D eigenvalue weighted by atomic mass is 10.2.